The number of ether oxygens (including phenoxy) is 3. The molecule has 2 fully saturated rings. The van der Waals surface area contributed by atoms with Gasteiger partial charge in [0, 0.05) is 12.3 Å². The monoisotopic (exact) mass is 224 g/mol. The van der Waals surface area contributed by atoms with Gasteiger partial charge < -0.3 is 14.2 Å². The van der Waals surface area contributed by atoms with E-state index in [1.54, 1.807) is 6.08 Å². The van der Waals surface area contributed by atoms with Crippen LogP contribution >= 0.6 is 0 Å². The van der Waals surface area contributed by atoms with Gasteiger partial charge in [-0.3, -0.25) is 0 Å². The molecule has 0 unspecified atom stereocenters. The van der Waals surface area contributed by atoms with Crippen LogP contribution in [0.1, 0.15) is 19.8 Å². The zero-order valence-electron chi connectivity index (χ0n) is 9.91. The molecule has 0 aromatic heterocycles. The zero-order chi connectivity index (χ0) is 11.6. The second-order valence-corrected chi connectivity index (χ2v) is 4.66. The normalized spacial score (nSPS) is 29.1. The fourth-order valence-corrected chi connectivity index (χ4v) is 2.17. The number of rotatable bonds is 6. The third kappa shape index (κ3) is 2.73. The molecular weight excluding hydrogens is 204 g/mol. The fourth-order valence-electron chi connectivity index (χ4n) is 2.17. The lowest BCUT2D eigenvalue weighted by molar-refractivity contribution is -0.169. The molecule has 2 aliphatic rings. The average Bonchev–Trinajstić information content (AvgIpc) is 2.82. The minimum absolute atomic E-state index is 0.147. The van der Waals surface area contributed by atoms with Crippen molar-refractivity contribution in [3.05, 3.63) is 24.8 Å². The predicted octanol–water partition coefficient (Wildman–Crippen LogP) is 2.29. The molecule has 3 nitrogen and oxygen atoms in total. The summed E-state index contributed by atoms with van der Waals surface area (Å²) >= 11 is 0. The van der Waals surface area contributed by atoms with Crippen molar-refractivity contribution in [1.82, 2.24) is 0 Å². The second kappa shape index (κ2) is 4.70. The van der Waals surface area contributed by atoms with Crippen LogP contribution in [-0.4, -0.2) is 31.7 Å². The van der Waals surface area contributed by atoms with Gasteiger partial charge >= 0.3 is 0 Å². The van der Waals surface area contributed by atoms with E-state index in [-0.39, 0.29) is 6.10 Å². The summed E-state index contributed by atoms with van der Waals surface area (Å²) in [6.45, 7) is 11.6. The highest BCUT2D eigenvalue weighted by Crippen LogP contribution is 2.43. The van der Waals surface area contributed by atoms with Crippen molar-refractivity contribution in [2.75, 3.05) is 19.8 Å². The van der Waals surface area contributed by atoms with Crippen molar-refractivity contribution in [2.45, 2.75) is 31.7 Å². The van der Waals surface area contributed by atoms with Crippen LogP contribution in [0.5, 0.6) is 0 Å². The minimum atomic E-state index is -0.477. The Labute approximate surface area is 97.1 Å². The van der Waals surface area contributed by atoms with Crippen LogP contribution in [0.4, 0.5) is 0 Å². The molecule has 1 saturated carbocycles. The molecule has 16 heavy (non-hydrogen) atoms. The molecule has 2 rings (SSSR count). The first kappa shape index (κ1) is 11.8. The Morgan fingerprint density at radius 2 is 2.19 bits per heavy atom. The topological polar surface area (TPSA) is 27.7 Å². The number of hydrogen-bond donors (Lipinski definition) is 0. The first-order valence-corrected chi connectivity index (χ1v) is 5.83. The summed E-state index contributed by atoms with van der Waals surface area (Å²) in [6, 6.07) is 0. The van der Waals surface area contributed by atoms with Crippen LogP contribution < -0.4 is 0 Å². The SMILES string of the molecule is C=CCO[C@H](CC1(C)OCCO1)[C@@H]1CC1=C. The second-order valence-electron chi connectivity index (χ2n) is 4.66. The standard InChI is InChI=1S/C13H20O3/c1-4-5-14-12(11-8-10(11)2)9-13(3)15-6-7-16-13/h4,11-12H,1-2,5-9H2,3H3/t11-,12-/m1/s1. The van der Waals surface area contributed by atoms with Crippen molar-refractivity contribution >= 4 is 0 Å². The average molecular weight is 224 g/mol. The molecule has 1 saturated heterocycles. The van der Waals surface area contributed by atoms with Gasteiger partial charge in [0.15, 0.2) is 5.79 Å². The van der Waals surface area contributed by atoms with E-state index in [0.29, 0.717) is 25.7 Å². The maximum absolute atomic E-state index is 5.77. The molecule has 2 atom stereocenters. The van der Waals surface area contributed by atoms with E-state index in [4.69, 9.17) is 14.2 Å². The van der Waals surface area contributed by atoms with Gasteiger partial charge in [-0.05, 0) is 13.3 Å². The van der Waals surface area contributed by atoms with Crippen molar-refractivity contribution in [1.29, 1.82) is 0 Å². The van der Waals surface area contributed by atoms with Gasteiger partial charge in [-0.25, -0.2) is 0 Å². The van der Waals surface area contributed by atoms with Crippen molar-refractivity contribution in [3.63, 3.8) is 0 Å². The van der Waals surface area contributed by atoms with Crippen LogP contribution in [0.3, 0.4) is 0 Å². The molecule has 3 heteroatoms. The molecule has 0 radical (unpaired) electrons. The highest BCUT2D eigenvalue weighted by Gasteiger charge is 2.42. The van der Waals surface area contributed by atoms with Gasteiger partial charge in [-0.2, -0.15) is 0 Å². The summed E-state index contributed by atoms with van der Waals surface area (Å²) < 4.78 is 17.0. The summed E-state index contributed by atoms with van der Waals surface area (Å²) in [5.74, 6) is -0.00102. The van der Waals surface area contributed by atoms with Crippen LogP contribution in [0, 0.1) is 5.92 Å². The molecule has 0 N–H and O–H groups in total. The third-order valence-electron chi connectivity index (χ3n) is 3.19. The summed E-state index contributed by atoms with van der Waals surface area (Å²) in [6.07, 6.45) is 3.76. The molecule has 1 aliphatic heterocycles. The lowest BCUT2D eigenvalue weighted by atomic mass is 10.1. The van der Waals surface area contributed by atoms with E-state index in [9.17, 15) is 0 Å². The quantitative estimate of drug-likeness (QED) is 0.648. The Kier molecular flexibility index (Phi) is 3.47. The minimum Gasteiger partial charge on any atom is -0.373 e. The summed E-state index contributed by atoms with van der Waals surface area (Å²) in [5, 5.41) is 0. The van der Waals surface area contributed by atoms with E-state index < -0.39 is 5.79 Å². The third-order valence-corrected chi connectivity index (χ3v) is 3.19. The molecule has 1 heterocycles. The Hall–Kier alpha value is -0.640. The maximum atomic E-state index is 5.77. The summed E-state index contributed by atoms with van der Waals surface area (Å²) in [4.78, 5) is 0. The molecule has 0 spiro atoms. The largest absolute Gasteiger partial charge is 0.373 e. The summed E-state index contributed by atoms with van der Waals surface area (Å²) in [7, 11) is 0. The van der Waals surface area contributed by atoms with Gasteiger partial charge in [-0.1, -0.05) is 18.2 Å². The van der Waals surface area contributed by atoms with Gasteiger partial charge in [0.2, 0.25) is 0 Å². The first-order valence-electron chi connectivity index (χ1n) is 5.83. The Bertz CT molecular complexity index is 279. The molecular formula is C13H20O3. The Balaban J connectivity index is 1.90. The first-order chi connectivity index (χ1) is 7.64. The van der Waals surface area contributed by atoms with Gasteiger partial charge in [-0.15, -0.1) is 6.58 Å². The van der Waals surface area contributed by atoms with Crippen molar-refractivity contribution < 1.29 is 14.2 Å². The molecule has 0 aromatic rings. The maximum Gasteiger partial charge on any atom is 0.168 e. The smallest absolute Gasteiger partial charge is 0.168 e. The highest BCUT2D eigenvalue weighted by atomic mass is 16.7. The molecule has 90 valence electrons. The predicted molar refractivity (Wildman–Crippen MR) is 62.1 cm³/mol. The zero-order valence-corrected chi connectivity index (χ0v) is 9.91. The van der Waals surface area contributed by atoms with E-state index >= 15 is 0 Å². The van der Waals surface area contributed by atoms with Gasteiger partial charge in [0.25, 0.3) is 0 Å². The van der Waals surface area contributed by atoms with Gasteiger partial charge in [0.1, 0.15) is 0 Å². The van der Waals surface area contributed by atoms with E-state index in [0.717, 1.165) is 12.8 Å². The lowest BCUT2D eigenvalue weighted by Gasteiger charge is -2.27. The molecule has 1 aliphatic carbocycles. The molecule has 0 bridgehead atoms. The van der Waals surface area contributed by atoms with E-state index in [1.165, 1.54) is 5.57 Å². The van der Waals surface area contributed by atoms with Crippen LogP contribution in [0.2, 0.25) is 0 Å². The van der Waals surface area contributed by atoms with Crippen LogP contribution in [0.25, 0.3) is 0 Å². The Morgan fingerprint density at radius 1 is 1.56 bits per heavy atom. The van der Waals surface area contributed by atoms with Crippen molar-refractivity contribution in [2.24, 2.45) is 5.92 Å². The Morgan fingerprint density at radius 3 is 2.69 bits per heavy atom. The fraction of sp³-hybridized carbons (Fsp3) is 0.692. The molecule has 0 aromatic carbocycles. The lowest BCUT2D eigenvalue weighted by Crippen LogP contribution is -2.33. The van der Waals surface area contributed by atoms with Crippen molar-refractivity contribution in [3.8, 4) is 0 Å². The molecule has 0 amide bonds. The summed E-state index contributed by atoms with van der Waals surface area (Å²) in [5.41, 5.74) is 1.27. The van der Waals surface area contributed by atoms with E-state index in [2.05, 4.69) is 13.2 Å². The van der Waals surface area contributed by atoms with E-state index in [1.807, 2.05) is 6.92 Å². The van der Waals surface area contributed by atoms with Gasteiger partial charge in [0.05, 0.1) is 25.9 Å². The number of hydrogen-bond acceptors (Lipinski definition) is 3. The highest BCUT2D eigenvalue weighted by molar-refractivity contribution is 5.21. The van der Waals surface area contributed by atoms with Crippen LogP contribution in [-0.2, 0) is 14.2 Å². The van der Waals surface area contributed by atoms with Crippen LogP contribution in [0.15, 0.2) is 24.8 Å².